The van der Waals surface area contributed by atoms with Gasteiger partial charge in [0.15, 0.2) is 0 Å². The number of rotatable bonds is 1. The summed E-state index contributed by atoms with van der Waals surface area (Å²) in [6.45, 7) is 13.9. The van der Waals surface area contributed by atoms with Gasteiger partial charge >= 0.3 is 0 Å². The van der Waals surface area contributed by atoms with Crippen molar-refractivity contribution in [3.8, 4) is 0 Å². The Kier molecular flexibility index (Phi) is 5.94. The molecule has 2 fully saturated rings. The average molecular weight is 344 g/mol. The monoisotopic (exact) mass is 343 g/mol. The molecule has 0 aromatic carbocycles. The summed E-state index contributed by atoms with van der Waals surface area (Å²) in [5.74, 6) is 4.36. The number of aromatic amines is 1. The molecule has 138 valence electrons. The number of hydrogen-bond acceptors (Lipinski definition) is 4. The number of nitrogens with zero attached hydrogens (tertiary/aromatic N) is 3. The zero-order valence-corrected chi connectivity index (χ0v) is 16.1. The van der Waals surface area contributed by atoms with Crippen LogP contribution in [0.25, 0.3) is 11.0 Å². The number of hydrogen-bond donors (Lipinski definition) is 2. The average Bonchev–Trinajstić information content (AvgIpc) is 3.02. The van der Waals surface area contributed by atoms with Gasteiger partial charge in [-0.3, -0.25) is 0 Å². The van der Waals surface area contributed by atoms with Crippen molar-refractivity contribution in [2.45, 2.75) is 40.5 Å². The Hall–Kier alpha value is -1.62. The van der Waals surface area contributed by atoms with E-state index >= 15 is 0 Å². The summed E-state index contributed by atoms with van der Waals surface area (Å²) >= 11 is 0. The fourth-order valence-corrected chi connectivity index (χ4v) is 4.38. The zero-order valence-electron chi connectivity index (χ0n) is 16.1. The lowest BCUT2D eigenvalue weighted by atomic mass is 9.92. The van der Waals surface area contributed by atoms with Crippen LogP contribution >= 0.6 is 0 Å². The highest BCUT2D eigenvalue weighted by atomic mass is 15.2. The maximum atomic E-state index is 4.47. The minimum absolute atomic E-state index is 0.739. The predicted molar refractivity (Wildman–Crippen MR) is 105 cm³/mol. The summed E-state index contributed by atoms with van der Waals surface area (Å²) in [5.41, 5.74) is 0.931. The van der Waals surface area contributed by atoms with Crippen LogP contribution in [0.2, 0.25) is 0 Å². The molecule has 4 rings (SSSR count). The van der Waals surface area contributed by atoms with Gasteiger partial charge in [-0.2, -0.15) is 0 Å². The largest absolute Gasteiger partial charge is 0.355 e. The van der Waals surface area contributed by atoms with Crippen LogP contribution in [-0.2, 0) is 0 Å². The van der Waals surface area contributed by atoms with Crippen LogP contribution in [-0.4, -0.2) is 41.1 Å². The first-order chi connectivity index (χ1) is 12.0. The Morgan fingerprint density at radius 2 is 1.56 bits per heavy atom. The van der Waals surface area contributed by atoms with E-state index in [0.29, 0.717) is 0 Å². The molecule has 0 bridgehead atoms. The summed E-state index contributed by atoms with van der Waals surface area (Å²) in [4.78, 5) is 14.3. The number of piperidine rings is 2. The molecule has 0 radical (unpaired) electrons. The molecule has 2 aromatic rings. The van der Waals surface area contributed by atoms with Crippen molar-refractivity contribution < 1.29 is 0 Å². The van der Waals surface area contributed by atoms with Gasteiger partial charge in [-0.1, -0.05) is 27.7 Å². The van der Waals surface area contributed by atoms with E-state index in [0.717, 1.165) is 53.6 Å². The van der Waals surface area contributed by atoms with Gasteiger partial charge in [0.05, 0.1) is 5.39 Å². The SMILES string of the molecule is CC1CC(C)CN(c2ncnc3[nH]ccc23)C1.CC1CNCC(C)C1. The zero-order chi connectivity index (χ0) is 17.8. The molecule has 4 heterocycles. The molecule has 2 N–H and O–H groups in total. The van der Waals surface area contributed by atoms with Gasteiger partial charge in [0.25, 0.3) is 0 Å². The molecule has 2 aliphatic rings. The first kappa shape index (κ1) is 18.2. The lowest BCUT2D eigenvalue weighted by molar-refractivity contribution is 0.321. The number of H-pyrrole nitrogens is 1. The van der Waals surface area contributed by atoms with Gasteiger partial charge in [0.1, 0.15) is 17.8 Å². The molecule has 0 spiro atoms. The second-order valence-electron chi connectivity index (χ2n) is 8.39. The third-order valence-corrected chi connectivity index (χ3v) is 5.29. The van der Waals surface area contributed by atoms with Gasteiger partial charge in [-0.25, -0.2) is 9.97 Å². The molecule has 0 aliphatic carbocycles. The normalized spacial score (nSPS) is 30.0. The Labute approximate surface area is 151 Å². The highest BCUT2D eigenvalue weighted by Gasteiger charge is 2.24. The van der Waals surface area contributed by atoms with Crippen LogP contribution in [0.4, 0.5) is 5.82 Å². The van der Waals surface area contributed by atoms with Gasteiger partial charge in [0.2, 0.25) is 0 Å². The van der Waals surface area contributed by atoms with Crippen molar-refractivity contribution in [1.82, 2.24) is 20.3 Å². The molecule has 2 aliphatic heterocycles. The van der Waals surface area contributed by atoms with E-state index < -0.39 is 0 Å². The van der Waals surface area contributed by atoms with E-state index in [2.05, 4.69) is 58.9 Å². The minimum Gasteiger partial charge on any atom is -0.355 e. The van der Waals surface area contributed by atoms with E-state index in [1.807, 2.05) is 6.20 Å². The Bertz CT molecular complexity index is 649. The highest BCUT2D eigenvalue weighted by Crippen LogP contribution is 2.28. The molecule has 5 nitrogen and oxygen atoms in total. The molecular formula is C20H33N5. The van der Waals surface area contributed by atoms with Gasteiger partial charge in [-0.15, -0.1) is 0 Å². The van der Waals surface area contributed by atoms with E-state index in [9.17, 15) is 0 Å². The summed E-state index contributed by atoms with van der Waals surface area (Å²) in [6, 6.07) is 2.06. The van der Waals surface area contributed by atoms with Crippen LogP contribution in [0.3, 0.4) is 0 Å². The second-order valence-corrected chi connectivity index (χ2v) is 8.39. The molecule has 25 heavy (non-hydrogen) atoms. The smallest absolute Gasteiger partial charge is 0.142 e. The lowest BCUT2D eigenvalue weighted by Gasteiger charge is -2.35. The molecule has 4 atom stereocenters. The third-order valence-electron chi connectivity index (χ3n) is 5.29. The summed E-state index contributed by atoms with van der Waals surface area (Å²) in [6.07, 6.45) is 6.31. The predicted octanol–water partition coefficient (Wildman–Crippen LogP) is 3.69. The molecule has 0 saturated carbocycles. The standard InChI is InChI=1S/C13H18N4.C7H15N/c1-9-5-10(2)7-17(6-9)13-11-3-4-14-12(11)15-8-16-13;1-6-3-7(2)5-8-4-6/h3-4,8-10H,5-7H2,1-2H3,(H,14,15,16);6-8H,3-5H2,1-2H3. The molecule has 4 unspecified atom stereocenters. The maximum Gasteiger partial charge on any atom is 0.142 e. The van der Waals surface area contributed by atoms with Crippen molar-refractivity contribution in [1.29, 1.82) is 0 Å². The summed E-state index contributed by atoms with van der Waals surface area (Å²) in [5, 5.41) is 4.52. The number of aromatic nitrogens is 3. The topological polar surface area (TPSA) is 56.8 Å². The summed E-state index contributed by atoms with van der Waals surface area (Å²) < 4.78 is 0. The highest BCUT2D eigenvalue weighted by molar-refractivity contribution is 5.87. The van der Waals surface area contributed by atoms with Crippen LogP contribution in [0, 0.1) is 23.7 Å². The fraction of sp³-hybridized carbons (Fsp3) is 0.700. The minimum atomic E-state index is 0.739. The first-order valence-corrected chi connectivity index (χ1v) is 9.76. The van der Waals surface area contributed by atoms with Crippen molar-refractivity contribution in [3.05, 3.63) is 18.6 Å². The number of nitrogens with one attached hydrogen (secondary N) is 2. The molecule has 2 aromatic heterocycles. The van der Waals surface area contributed by atoms with Gasteiger partial charge in [0, 0.05) is 19.3 Å². The van der Waals surface area contributed by atoms with Gasteiger partial charge in [-0.05, 0) is 55.7 Å². The van der Waals surface area contributed by atoms with E-state index in [1.165, 1.54) is 25.9 Å². The van der Waals surface area contributed by atoms with Crippen LogP contribution < -0.4 is 10.2 Å². The van der Waals surface area contributed by atoms with E-state index in [1.54, 1.807) is 6.33 Å². The first-order valence-electron chi connectivity index (χ1n) is 9.76. The molecule has 0 amide bonds. The third kappa shape index (κ3) is 4.72. The van der Waals surface area contributed by atoms with Crippen LogP contribution in [0.15, 0.2) is 18.6 Å². The molecular weight excluding hydrogens is 310 g/mol. The maximum absolute atomic E-state index is 4.47. The Morgan fingerprint density at radius 1 is 0.920 bits per heavy atom. The van der Waals surface area contributed by atoms with Crippen molar-refractivity contribution in [2.75, 3.05) is 31.1 Å². The summed E-state index contributed by atoms with van der Waals surface area (Å²) in [7, 11) is 0. The molecule has 5 heteroatoms. The van der Waals surface area contributed by atoms with Gasteiger partial charge < -0.3 is 15.2 Å². The van der Waals surface area contributed by atoms with Crippen LogP contribution in [0.5, 0.6) is 0 Å². The van der Waals surface area contributed by atoms with Crippen molar-refractivity contribution in [2.24, 2.45) is 23.7 Å². The molecule has 2 saturated heterocycles. The lowest BCUT2D eigenvalue weighted by Crippen LogP contribution is -2.39. The fourth-order valence-electron chi connectivity index (χ4n) is 4.38. The Morgan fingerprint density at radius 3 is 2.16 bits per heavy atom. The quantitative estimate of drug-likeness (QED) is 0.829. The van der Waals surface area contributed by atoms with Crippen molar-refractivity contribution >= 4 is 16.9 Å². The number of fused-ring (bicyclic) bond motifs is 1. The second kappa shape index (κ2) is 8.17. The van der Waals surface area contributed by atoms with Crippen molar-refractivity contribution in [3.63, 3.8) is 0 Å². The van der Waals surface area contributed by atoms with E-state index in [-0.39, 0.29) is 0 Å². The van der Waals surface area contributed by atoms with Crippen LogP contribution in [0.1, 0.15) is 40.5 Å². The number of anilines is 1. The van der Waals surface area contributed by atoms with E-state index in [4.69, 9.17) is 0 Å². The Balaban J connectivity index is 0.000000192.